The molecule has 0 N–H and O–H groups in total. The number of hydrogen-bond acceptors (Lipinski definition) is 5. The fourth-order valence-electron chi connectivity index (χ4n) is 2.26. The van der Waals surface area contributed by atoms with Crippen LogP contribution in [0.15, 0.2) is 51.7 Å². The molecule has 1 heterocycles. The van der Waals surface area contributed by atoms with Gasteiger partial charge in [0.25, 0.3) is 0 Å². The Morgan fingerprint density at radius 1 is 1.17 bits per heavy atom. The molecule has 0 atom stereocenters. The van der Waals surface area contributed by atoms with E-state index in [9.17, 15) is 19.3 Å². The third-order valence-corrected chi connectivity index (χ3v) is 3.29. The maximum absolute atomic E-state index is 13.4. The zero-order chi connectivity index (χ0) is 16.6. The molecule has 0 radical (unpaired) electrons. The van der Waals surface area contributed by atoms with E-state index in [1.807, 2.05) is 0 Å². The Balaban J connectivity index is 2.38. The number of halogens is 1. The van der Waals surface area contributed by atoms with Crippen molar-refractivity contribution in [1.29, 1.82) is 5.26 Å². The molecule has 0 spiro atoms. The van der Waals surface area contributed by atoms with E-state index >= 15 is 0 Å². The van der Waals surface area contributed by atoms with Crippen LogP contribution in [0.5, 0.6) is 0 Å². The third kappa shape index (κ3) is 2.53. The number of rotatable bonds is 2. The molecule has 0 saturated heterocycles. The lowest BCUT2D eigenvalue weighted by Crippen LogP contribution is -2.04. The Bertz CT molecular complexity index is 1050. The maximum Gasteiger partial charge on any atom is 0.354 e. The minimum absolute atomic E-state index is 0.217. The summed E-state index contributed by atoms with van der Waals surface area (Å²) in [6.45, 7) is 0. The minimum atomic E-state index is -0.943. The average molecular weight is 310 g/mol. The lowest BCUT2D eigenvalue weighted by atomic mass is 10.0. The second-order valence-corrected chi connectivity index (χ2v) is 4.74. The summed E-state index contributed by atoms with van der Waals surface area (Å²) >= 11 is 0. The van der Waals surface area contributed by atoms with Crippen molar-refractivity contribution in [2.24, 2.45) is 0 Å². The molecule has 0 aliphatic rings. The molecular formula is C16H7FN2O4. The molecule has 0 aliphatic carbocycles. The SMILES string of the molecule is N#Cc1cc2cc(-c3cccc(F)c3)cc([N+](=O)[O-])c2oc1=O. The van der Waals surface area contributed by atoms with E-state index in [2.05, 4.69) is 0 Å². The molecule has 0 bridgehead atoms. The zero-order valence-corrected chi connectivity index (χ0v) is 11.4. The van der Waals surface area contributed by atoms with Gasteiger partial charge in [0.05, 0.1) is 4.92 Å². The Morgan fingerprint density at radius 2 is 1.96 bits per heavy atom. The summed E-state index contributed by atoms with van der Waals surface area (Å²) in [5, 5.41) is 20.3. The van der Waals surface area contributed by atoms with E-state index in [4.69, 9.17) is 9.68 Å². The number of nitrogens with zero attached hydrogens (tertiary/aromatic N) is 2. The largest absolute Gasteiger partial charge is 0.414 e. The highest BCUT2D eigenvalue weighted by molar-refractivity contribution is 5.91. The predicted octanol–water partition coefficient (Wildman–Crippen LogP) is 3.38. The highest BCUT2D eigenvalue weighted by Crippen LogP contribution is 2.32. The number of nitro benzene ring substituents is 1. The van der Waals surface area contributed by atoms with E-state index in [1.165, 1.54) is 36.4 Å². The van der Waals surface area contributed by atoms with Crippen molar-refractivity contribution in [2.45, 2.75) is 0 Å². The number of nitriles is 1. The molecule has 3 aromatic rings. The van der Waals surface area contributed by atoms with Crippen LogP contribution in [0.3, 0.4) is 0 Å². The number of benzene rings is 2. The summed E-state index contributed by atoms with van der Waals surface area (Å²) in [5.74, 6) is -0.484. The van der Waals surface area contributed by atoms with Crippen molar-refractivity contribution in [3.8, 4) is 17.2 Å². The molecule has 1 aromatic heterocycles. The van der Waals surface area contributed by atoms with E-state index in [-0.39, 0.29) is 16.5 Å². The van der Waals surface area contributed by atoms with Crippen LogP contribution in [0.1, 0.15) is 5.56 Å². The number of non-ortho nitro benzene ring substituents is 1. The van der Waals surface area contributed by atoms with Gasteiger partial charge in [-0.2, -0.15) is 5.26 Å². The maximum atomic E-state index is 13.4. The van der Waals surface area contributed by atoms with Gasteiger partial charge >= 0.3 is 11.3 Å². The highest BCUT2D eigenvalue weighted by atomic mass is 19.1. The van der Waals surface area contributed by atoms with Crippen LogP contribution < -0.4 is 5.63 Å². The first-order valence-electron chi connectivity index (χ1n) is 6.42. The van der Waals surface area contributed by atoms with Gasteiger partial charge in [0, 0.05) is 11.5 Å². The highest BCUT2D eigenvalue weighted by Gasteiger charge is 2.19. The summed E-state index contributed by atoms with van der Waals surface area (Å²) in [6.07, 6.45) is 0. The fraction of sp³-hybridized carbons (Fsp3) is 0. The van der Waals surface area contributed by atoms with Crippen LogP contribution in [0, 0.1) is 27.3 Å². The van der Waals surface area contributed by atoms with Gasteiger partial charge in [-0.15, -0.1) is 0 Å². The van der Waals surface area contributed by atoms with Crippen molar-refractivity contribution >= 4 is 16.7 Å². The topological polar surface area (TPSA) is 97.1 Å². The number of hydrogen-bond donors (Lipinski definition) is 0. The van der Waals surface area contributed by atoms with Crippen molar-refractivity contribution < 1.29 is 13.7 Å². The van der Waals surface area contributed by atoms with E-state index < -0.39 is 22.1 Å². The summed E-state index contributed by atoms with van der Waals surface area (Å²) in [4.78, 5) is 22.1. The molecule has 112 valence electrons. The van der Waals surface area contributed by atoms with Crippen molar-refractivity contribution in [3.63, 3.8) is 0 Å². The molecule has 0 unspecified atom stereocenters. The van der Waals surface area contributed by atoms with Gasteiger partial charge in [-0.05, 0) is 35.4 Å². The van der Waals surface area contributed by atoms with Gasteiger partial charge < -0.3 is 4.42 Å². The molecule has 7 heteroatoms. The van der Waals surface area contributed by atoms with Crippen LogP contribution in [-0.2, 0) is 0 Å². The zero-order valence-electron chi connectivity index (χ0n) is 11.4. The monoisotopic (exact) mass is 310 g/mol. The van der Waals surface area contributed by atoms with Gasteiger partial charge in [0.15, 0.2) is 0 Å². The van der Waals surface area contributed by atoms with Gasteiger partial charge in [-0.25, -0.2) is 9.18 Å². The Morgan fingerprint density at radius 3 is 2.61 bits per heavy atom. The summed E-state index contributed by atoms with van der Waals surface area (Å²) < 4.78 is 18.3. The normalized spacial score (nSPS) is 10.4. The molecular weight excluding hydrogens is 303 g/mol. The predicted molar refractivity (Wildman–Crippen MR) is 79.2 cm³/mol. The molecule has 0 fully saturated rings. The first-order valence-corrected chi connectivity index (χ1v) is 6.42. The molecule has 3 rings (SSSR count). The molecule has 2 aromatic carbocycles. The molecule has 0 aliphatic heterocycles. The summed E-state index contributed by atoms with van der Waals surface area (Å²) in [6, 6.07) is 11.2. The van der Waals surface area contributed by atoms with Crippen LogP contribution in [-0.4, -0.2) is 4.92 Å². The minimum Gasteiger partial charge on any atom is -0.414 e. The van der Waals surface area contributed by atoms with Crippen molar-refractivity contribution in [1.82, 2.24) is 0 Å². The van der Waals surface area contributed by atoms with Crippen LogP contribution in [0.4, 0.5) is 10.1 Å². The lowest BCUT2D eigenvalue weighted by molar-refractivity contribution is -0.383. The van der Waals surface area contributed by atoms with Crippen molar-refractivity contribution in [2.75, 3.05) is 0 Å². The molecule has 23 heavy (non-hydrogen) atoms. The average Bonchev–Trinajstić information content (AvgIpc) is 2.53. The van der Waals surface area contributed by atoms with Gasteiger partial charge in [0.1, 0.15) is 17.4 Å². The van der Waals surface area contributed by atoms with Crippen LogP contribution in [0.25, 0.3) is 22.1 Å². The van der Waals surface area contributed by atoms with E-state index in [0.29, 0.717) is 11.1 Å². The third-order valence-electron chi connectivity index (χ3n) is 3.29. The standard InChI is InChI=1S/C16H7FN2O4/c17-13-3-1-2-9(6-13)10-4-11-5-12(8-18)16(20)23-15(11)14(7-10)19(21)22/h1-7H. The molecule has 6 nitrogen and oxygen atoms in total. The van der Waals surface area contributed by atoms with Gasteiger partial charge in [0.2, 0.25) is 5.58 Å². The lowest BCUT2D eigenvalue weighted by Gasteiger charge is -2.05. The molecule has 0 amide bonds. The number of nitro groups is 1. The van der Waals surface area contributed by atoms with E-state index in [0.717, 1.165) is 0 Å². The van der Waals surface area contributed by atoms with Gasteiger partial charge in [-0.3, -0.25) is 10.1 Å². The first-order chi connectivity index (χ1) is 11.0. The molecule has 0 saturated carbocycles. The fourth-order valence-corrected chi connectivity index (χ4v) is 2.26. The first kappa shape index (κ1) is 14.4. The Labute approximate surface area is 128 Å². The van der Waals surface area contributed by atoms with Gasteiger partial charge in [-0.1, -0.05) is 12.1 Å². The van der Waals surface area contributed by atoms with Crippen LogP contribution in [0.2, 0.25) is 0 Å². The quantitative estimate of drug-likeness (QED) is 0.410. The summed E-state index contributed by atoms with van der Waals surface area (Å²) in [7, 11) is 0. The Hall–Kier alpha value is -3.53. The van der Waals surface area contributed by atoms with Crippen LogP contribution >= 0.6 is 0 Å². The second kappa shape index (κ2) is 5.35. The van der Waals surface area contributed by atoms with E-state index in [1.54, 1.807) is 12.1 Å². The smallest absolute Gasteiger partial charge is 0.354 e. The number of fused-ring (bicyclic) bond motifs is 1. The summed E-state index contributed by atoms with van der Waals surface area (Å²) in [5.41, 5.74) is -1.05. The second-order valence-electron chi connectivity index (χ2n) is 4.74. The Kier molecular flexibility index (Phi) is 3.35. The van der Waals surface area contributed by atoms with Crippen molar-refractivity contribution in [3.05, 3.63) is 74.4 Å².